The highest BCUT2D eigenvalue weighted by molar-refractivity contribution is 5.27. The Hall–Kier alpha value is -1.06. The number of benzene rings is 1. The molecule has 0 atom stereocenters. The molecule has 0 unspecified atom stereocenters. The normalized spacial score (nSPS) is 18.2. The van der Waals surface area contributed by atoms with Gasteiger partial charge in [-0.25, -0.2) is 0 Å². The average molecular weight is 235 g/mol. The monoisotopic (exact) mass is 235 g/mol. The van der Waals surface area contributed by atoms with Crippen molar-refractivity contribution < 1.29 is 9.47 Å². The van der Waals surface area contributed by atoms with Crippen molar-refractivity contribution in [3.8, 4) is 5.75 Å². The lowest BCUT2D eigenvalue weighted by atomic mass is 10.1. The Labute approximate surface area is 103 Å². The van der Waals surface area contributed by atoms with Gasteiger partial charge in [0.05, 0.1) is 6.61 Å². The van der Waals surface area contributed by atoms with E-state index in [0.717, 1.165) is 31.7 Å². The molecule has 2 rings (SSSR count). The average Bonchev–Trinajstić information content (AvgIpc) is 2.35. The van der Waals surface area contributed by atoms with Gasteiger partial charge in [0.25, 0.3) is 0 Å². The lowest BCUT2D eigenvalue weighted by molar-refractivity contribution is 0.114. The molecule has 1 aromatic rings. The van der Waals surface area contributed by atoms with E-state index in [1.807, 2.05) is 12.1 Å². The molecule has 0 amide bonds. The smallest absolute Gasteiger partial charge is 0.119 e. The van der Waals surface area contributed by atoms with Crippen molar-refractivity contribution in [2.45, 2.75) is 25.6 Å². The minimum atomic E-state index is 0.375. The molecule has 0 saturated carbocycles. The van der Waals surface area contributed by atoms with Crippen molar-refractivity contribution in [1.29, 1.82) is 0 Å². The summed E-state index contributed by atoms with van der Waals surface area (Å²) in [5.41, 5.74) is 1.18. The summed E-state index contributed by atoms with van der Waals surface area (Å²) < 4.78 is 11.1. The van der Waals surface area contributed by atoms with Crippen molar-refractivity contribution in [2.24, 2.45) is 0 Å². The van der Waals surface area contributed by atoms with Crippen LogP contribution in [0, 0.1) is 0 Å². The molecule has 1 fully saturated rings. The minimum Gasteiger partial charge on any atom is -0.490 e. The zero-order chi connectivity index (χ0) is 12.1. The number of nitrogens with zero attached hydrogens (tertiary/aromatic N) is 1. The fraction of sp³-hybridized carbons (Fsp3) is 0.571. The van der Waals surface area contributed by atoms with Gasteiger partial charge in [-0.3, -0.25) is 0 Å². The molecular formula is C14H21NO2. The van der Waals surface area contributed by atoms with Gasteiger partial charge >= 0.3 is 0 Å². The van der Waals surface area contributed by atoms with Crippen LogP contribution in [0.5, 0.6) is 5.75 Å². The Kier molecular flexibility index (Phi) is 4.40. The predicted octanol–water partition coefficient (Wildman–Crippen LogP) is 2.31. The van der Waals surface area contributed by atoms with Crippen LogP contribution in [0.4, 0.5) is 0 Å². The number of rotatable bonds is 4. The topological polar surface area (TPSA) is 21.7 Å². The first-order valence-electron chi connectivity index (χ1n) is 6.21. The fourth-order valence-electron chi connectivity index (χ4n) is 2.13. The highest BCUT2D eigenvalue weighted by Crippen LogP contribution is 2.19. The van der Waals surface area contributed by atoms with Crippen LogP contribution in [-0.4, -0.2) is 38.3 Å². The van der Waals surface area contributed by atoms with Crippen LogP contribution in [0.1, 0.15) is 18.4 Å². The van der Waals surface area contributed by atoms with Crippen molar-refractivity contribution in [3.63, 3.8) is 0 Å². The molecule has 0 aliphatic carbocycles. The summed E-state index contributed by atoms with van der Waals surface area (Å²) in [6.45, 7) is 2.92. The molecule has 0 spiro atoms. The molecule has 1 heterocycles. The van der Waals surface area contributed by atoms with Gasteiger partial charge in [-0.15, -0.1) is 0 Å². The number of piperidine rings is 1. The molecule has 0 radical (unpaired) electrons. The maximum absolute atomic E-state index is 5.97. The molecule has 94 valence electrons. The number of hydrogen-bond donors (Lipinski definition) is 0. The van der Waals surface area contributed by atoms with Gasteiger partial charge in [-0.1, -0.05) is 12.1 Å². The van der Waals surface area contributed by atoms with E-state index < -0.39 is 0 Å². The van der Waals surface area contributed by atoms with Gasteiger partial charge in [-0.2, -0.15) is 0 Å². The number of hydrogen-bond acceptors (Lipinski definition) is 3. The molecule has 1 saturated heterocycles. The molecule has 3 nitrogen and oxygen atoms in total. The van der Waals surface area contributed by atoms with Crippen LogP contribution in [0.25, 0.3) is 0 Å². The summed E-state index contributed by atoms with van der Waals surface area (Å²) in [6.07, 6.45) is 2.62. The predicted molar refractivity (Wildman–Crippen MR) is 68.3 cm³/mol. The van der Waals surface area contributed by atoms with Crippen LogP contribution in [0.3, 0.4) is 0 Å². The van der Waals surface area contributed by atoms with Crippen LogP contribution in [0.15, 0.2) is 24.3 Å². The van der Waals surface area contributed by atoms with Crippen molar-refractivity contribution in [3.05, 3.63) is 29.8 Å². The first-order valence-corrected chi connectivity index (χ1v) is 6.21. The summed E-state index contributed by atoms with van der Waals surface area (Å²) in [7, 11) is 3.87. The lowest BCUT2D eigenvalue weighted by Gasteiger charge is -2.29. The van der Waals surface area contributed by atoms with Gasteiger partial charge < -0.3 is 14.4 Å². The zero-order valence-corrected chi connectivity index (χ0v) is 10.7. The van der Waals surface area contributed by atoms with E-state index in [4.69, 9.17) is 9.47 Å². The highest BCUT2D eigenvalue weighted by Gasteiger charge is 2.17. The first kappa shape index (κ1) is 12.4. The van der Waals surface area contributed by atoms with E-state index in [-0.39, 0.29) is 0 Å². The third kappa shape index (κ3) is 3.72. The van der Waals surface area contributed by atoms with E-state index in [2.05, 4.69) is 24.1 Å². The summed E-state index contributed by atoms with van der Waals surface area (Å²) in [5.74, 6) is 0.972. The molecule has 1 aliphatic heterocycles. The molecule has 0 bridgehead atoms. The van der Waals surface area contributed by atoms with E-state index >= 15 is 0 Å². The number of methoxy groups -OCH3 is 1. The summed E-state index contributed by atoms with van der Waals surface area (Å²) in [4.78, 5) is 2.35. The second-order valence-electron chi connectivity index (χ2n) is 4.70. The van der Waals surface area contributed by atoms with Gasteiger partial charge in [-0.05, 0) is 37.6 Å². The Morgan fingerprint density at radius 1 is 1.18 bits per heavy atom. The first-order chi connectivity index (χ1) is 8.28. The second kappa shape index (κ2) is 6.03. The largest absolute Gasteiger partial charge is 0.490 e. The Morgan fingerprint density at radius 3 is 2.41 bits per heavy atom. The van der Waals surface area contributed by atoms with Crippen LogP contribution >= 0.6 is 0 Å². The Balaban J connectivity index is 1.86. The second-order valence-corrected chi connectivity index (χ2v) is 4.70. The van der Waals surface area contributed by atoms with Gasteiger partial charge in [0, 0.05) is 20.2 Å². The van der Waals surface area contributed by atoms with Gasteiger partial charge in [0.2, 0.25) is 0 Å². The zero-order valence-electron chi connectivity index (χ0n) is 10.7. The van der Waals surface area contributed by atoms with Crippen LogP contribution in [-0.2, 0) is 11.3 Å². The van der Waals surface area contributed by atoms with E-state index in [0.29, 0.717) is 12.7 Å². The van der Waals surface area contributed by atoms with Crippen molar-refractivity contribution in [1.82, 2.24) is 4.90 Å². The number of ether oxygens (including phenoxy) is 2. The molecule has 1 aromatic carbocycles. The summed E-state index contributed by atoms with van der Waals surface area (Å²) in [6, 6.07) is 8.20. The van der Waals surface area contributed by atoms with Gasteiger partial charge in [0.1, 0.15) is 11.9 Å². The van der Waals surface area contributed by atoms with E-state index in [9.17, 15) is 0 Å². The molecule has 0 N–H and O–H groups in total. The maximum Gasteiger partial charge on any atom is 0.119 e. The van der Waals surface area contributed by atoms with Crippen LogP contribution in [0.2, 0.25) is 0 Å². The molecule has 1 aliphatic rings. The summed E-state index contributed by atoms with van der Waals surface area (Å²) >= 11 is 0. The van der Waals surface area contributed by atoms with E-state index in [1.54, 1.807) is 7.11 Å². The van der Waals surface area contributed by atoms with Crippen molar-refractivity contribution >= 4 is 0 Å². The molecule has 0 aromatic heterocycles. The Bertz CT molecular complexity index is 329. The standard InChI is InChI=1S/C14H21NO2/c1-15-9-7-14(8-10-15)17-13-5-3-12(4-6-13)11-16-2/h3-6,14H,7-11H2,1-2H3. The van der Waals surface area contributed by atoms with Crippen LogP contribution < -0.4 is 4.74 Å². The Morgan fingerprint density at radius 2 is 1.82 bits per heavy atom. The SMILES string of the molecule is COCc1ccc(OC2CCN(C)CC2)cc1. The molecule has 3 heteroatoms. The maximum atomic E-state index is 5.97. The quantitative estimate of drug-likeness (QED) is 0.799. The highest BCUT2D eigenvalue weighted by atomic mass is 16.5. The molecule has 17 heavy (non-hydrogen) atoms. The third-order valence-electron chi connectivity index (χ3n) is 3.20. The third-order valence-corrected chi connectivity index (χ3v) is 3.20. The van der Waals surface area contributed by atoms with Gasteiger partial charge in [0.15, 0.2) is 0 Å². The summed E-state index contributed by atoms with van der Waals surface area (Å²) in [5, 5.41) is 0. The lowest BCUT2D eigenvalue weighted by Crippen LogP contribution is -2.35. The molecular weight excluding hydrogens is 214 g/mol. The minimum absolute atomic E-state index is 0.375. The van der Waals surface area contributed by atoms with Crippen molar-refractivity contribution in [2.75, 3.05) is 27.2 Å². The van der Waals surface area contributed by atoms with E-state index in [1.165, 1.54) is 5.56 Å². The number of likely N-dealkylation sites (tertiary alicyclic amines) is 1. The fourth-order valence-corrected chi connectivity index (χ4v) is 2.13.